The number of rotatable bonds is 7. The SMILES string of the molecule is CCCOC(=O)c1ccc(CN2C(=O)C(=O)/C(=C(/O)c3cc(C(C)(C)C)ccc3C)C2c2cccc(C)c2)cc1. The van der Waals surface area contributed by atoms with Gasteiger partial charge in [0.25, 0.3) is 11.7 Å². The van der Waals surface area contributed by atoms with Crippen molar-refractivity contribution in [2.75, 3.05) is 6.61 Å². The van der Waals surface area contributed by atoms with E-state index in [4.69, 9.17) is 4.74 Å². The van der Waals surface area contributed by atoms with Crippen LogP contribution in [0.5, 0.6) is 0 Å². The topological polar surface area (TPSA) is 83.9 Å². The number of ether oxygens (including phenoxy) is 1. The Morgan fingerprint density at radius 3 is 2.30 bits per heavy atom. The molecular formula is C34H37NO5. The molecule has 208 valence electrons. The molecule has 0 spiro atoms. The number of likely N-dealkylation sites (tertiary alicyclic amines) is 1. The van der Waals surface area contributed by atoms with Gasteiger partial charge in [-0.3, -0.25) is 9.59 Å². The van der Waals surface area contributed by atoms with Gasteiger partial charge in [0.05, 0.1) is 23.8 Å². The van der Waals surface area contributed by atoms with E-state index in [0.717, 1.165) is 34.2 Å². The van der Waals surface area contributed by atoms with Crippen LogP contribution in [0.1, 0.15) is 83.9 Å². The Bertz CT molecular complexity index is 1480. The van der Waals surface area contributed by atoms with Crippen molar-refractivity contribution in [3.05, 3.63) is 111 Å². The van der Waals surface area contributed by atoms with Crippen LogP contribution in [-0.4, -0.2) is 34.3 Å². The van der Waals surface area contributed by atoms with Crippen LogP contribution in [0.3, 0.4) is 0 Å². The van der Waals surface area contributed by atoms with Crippen LogP contribution >= 0.6 is 0 Å². The molecule has 1 heterocycles. The summed E-state index contributed by atoms with van der Waals surface area (Å²) in [6.45, 7) is 12.5. The molecule has 1 fully saturated rings. The van der Waals surface area contributed by atoms with E-state index < -0.39 is 23.7 Å². The fourth-order valence-electron chi connectivity index (χ4n) is 4.94. The van der Waals surface area contributed by atoms with Crippen molar-refractivity contribution in [2.45, 2.75) is 66.0 Å². The molecule has 1 unspecified atom stereocenters. The molecule has 0 bridgehead atoms. The predicted octanol–water partition coefficient (Wildman–Crippen LogP) is 6.79. The first kappa shape index (κ1) is 28.8. The Morgan fingerprint density at radius 1 is 0.975 bits per heavy atom. The Balaban J connectivity index is 1.79. The molecule has 6 heteroatoms. The van der Waals surface area contributed by atoms with Gasteiger partial charge in [-0.25, -0.2) is 4.79 Å². The first-order valence-corrected chi connectivity index (χ1v) is 13.6. The van der Waals surface area contributed by atoms with Crippen molar-refractivity contribution in [2.24, 2.45) is 0 Å². The minimum absolute atomic E-state index is 0.0736. The monoisotopic (exact) mass is 539 g/mol. The van der Waals surface area contributed by atoms with Crippen molar-refractivity contribution in [3.63, 3.8) is 0 Å². The van der Waals surface area contributed by atoms with Gasteiger partial charge in [-0.05, 0) is 66.1 Å². The minimum atomic E-state index is -0.771. The molecule has 1 N–H and O–H groups in total. The first-order chi connectivity index (χ1) is 18.9. The summed E-state index contributed by atoms with van der Waals surface area (Å²) in [7, 11) is 0. The number of hydrogen-bond donors (Lipinski definition) is 1. The second-order valence-electron chi connectivity index (χ2n) is 11.5. The van der Waals surface area contributed by atoms with E-state index in [-0.39, 0.29) is 23.3 Å². The highest BCUT2D eigenvalue weighted by atomic mass is 16.5. The molecule has 6 nitrogen and oxygen atoms in total. The zero-order valence-corrected chi connectivity index (χ0v) is 24.1. The maximum absolute atomic E-state index is 13.6. The predicted molar refractivity (Wildman–Crippen MR) is 156 cm³/mol. The molecule has 1 aliphatic heterocycles. The summed E-state index contributed by atoms with van der Waals surface area (Å²) in [6, 6.07) is 19.5. The summed E-state index contributed by atoms with van der Waals surface area (Å²) in [5.74, 6) is -1.97. The molecule has 40 heavy (non-hydrogen) atoms. The van der Waals surface area contributed by atoms with Gasteiger partial charge in [-0.15, -0.1) is 0 Å². The molecule has 0 aromatic heterocycles. The number of aliphatic hydroxyl groups excluding tert-OH is 1. The molecule has 0 aliphatic carbocycles. The standard InChI is InChI=1S/C34H37NO5/c1-7-17-40-33(39)24-14-12-23(13-15-24)20-35-29(25-10-8-9-21(2)18-25)28(31(37)32(35)38)30(36)27-19-26(34(4,5)6)16-11-22(27)3/h8-16,18-19,29,36H,7,17,20H2,1-6H3/b30-28+. The second-order valence-corrected chi connectivity index (χ2v) is 11.5. The molecular weight excluding hydrogens is 502 g/mol. The van der Waals surface area contributed by atoms with Crippen LogP contribution in [-0.2, 0) is 26.3 Å². The Morgan fingerprint density at radius 2 is 1.68 bits per heavy atom. The maximum Gasteiger partial charge on any atom is 0.338 e. The maximum atomic E-state index is 13.6. The lowest BCUT2D eigenvalue weighted by molar-refractivity contribution is -0.140. The van der Waals surface area contributed by atoms with Gasteiger partial charge in [0.1, 0.15) is 5.76 Å². The van der Waals surface area contributed by atoms with E-state index in [1.807, 2.05) is 63.2 Å². The number of benzene rings is 3. The fourth-order valence-corrected chi connectivity index (χ4v) is 4.94. The highest BCUT2D eigenvalue weighted by molar-refractivity contribution is 6.46. The number of esters is 1. The molecule has 1 saturated heterocycles. The number of Topliss-reactive ketones (excluding diaryl/α,β-unsaturated/α-hetero) is 1. The summed E-state index contributed by atoms with van der Waals surface area (Å²) in [5, 5.41) is 11.7. The van der Waals surface area contributed by atoms with Crippen molar-refractivity contribution < 1.29 is 24.2 Å². The molecule has 1 aliphatic rings. The van der Waals surface area contributed by atoms with Gasteiger partial charge in [-0.1, -0.05) is 81.8 Å². The number of amides is 1. The summed E-state index contributed by atoms with van der Waals surface area (Å²) >= 11 is 0. The molecule has 4 rings (SSSR count). The first-order valence-electron chi connectivity index (χ1n) is 13.6. The lowest BCUT2D eigenvalue weighted by atomic mass is 9.84. The lowest BCUT2D eigenvalue weighted by Gasteiger charge is -2.26. The van der Waals surface area contributed by atoms with Crippen molar-refractivity contribution in [1.82, 2.24) is 4.90 Å². The molecule has 0 saturated carbocycles. The number of hydrogen-bond acceptors (Lipinski definition) is 5. The van der Waals surface area contributed by atoms with E-state index >= 15 is 0 Å². The van der Waals surface area contributed by atoms with Crippen LogP contribution in [0, 0.1) is 13.8 Å². The van der Waals surface area contributed by atoms with Gasteiger partial charge in [-0.2, -0.15) is 0 Å². The number of ketones is 1. The number of nitrogens with zero attached hydrogens (tertiary/aromatic N) is 1. The third-order valence-corrected chi connectivity index (χ3v) is 7.24. The van der Waals surface area contributed by atoms with Crippen molar-refractivity contribution >= 4 is 23.4 Å². The quantitative estimate of drug-likeness (QED) is 0.155. The lowest BCUT2D eigenvalue weighted by Crippen LogP contribution is -2.29. The van der Waals surface area contributed by atoms with E-state index in [0.29, 0.717) is 17.7 Å². The fraction of sp³-hybridized carbons (Fsp3) is 0.324. The molecule has 3 aromatic rings. The van der Waals surface area contributed by atoms with Crippen LogP contribution < -0.4 is 0 Å². The van der Waals surface area contributed by atoms with E-state index in [1.54, 1.807) is 24.3 Å². The second kappa shape index (κ2) is 11.5. The largest absolute Gasteiger partial charge is 0.507 e. The summed E-state index contributed by atoms with van der Waals surface area (Å²) in [5.41, 5.74) is 5.15. The zero-order chi connectivity index (χ0) is 29.2. The average Bonchev–Trinajstić information content (AvgIpc) is 3.16. The summed E-state index contributed by atoms with van der Waals surface area (Å²) in [6.07, 6.45) is 0.734. The molecule has 3 aromatic carbocycles. The average molecular weight is 540 g/mol. The summed E-state index contributed by atoms with van der Waals surface area (Å²) in [4.78, 5) is 40.8. The van der Waals surface area contributed by atoms with Crippen LogP contribution in [0.4, 0.5) is 0 Å². The van der Waals surface area contributed by atoms with E-state index in [2.05, 4.69) is 20.8 Å². The minimum Gasteiger partial charge on any atom is -0.507 e. The van der Waals surface area contributed by atoms with Crippen molar-refractivity contribution in [3.8, 4) is 0 Å². The van der Waals surface area contributed by atoms with Crippen molar-refractivity contribution in [1.29, 1.82) is 0 Å². The Kier molecular flexibility index (Phi) is 8.29. The van der Waals surface area contributed by atoms with Gasteiger partial charge in [0.2, 0.25) is 0 Å². The smallest absolute Gasteiger partial charge is 0.338 e. The third-order valence-electron chi connectivity index (χ3n) is 7.24. The third kappa shape index (κ3) is 5.86. The van der Waals surface area contributed by atoms with Gasteiger partial charge < -0.3 is 14.7 Å². The van der Waals surface area contributed by atoms with E-state index in [9.17, 15) is 19.5 Å². The van der Waals surface area contributed by atoms with Gasteiger partial charge >= 0.3 is 5.97 Å². The highest BCUT2D eigenvalue weighted by Crippen LogP contribution is 2.41. The van der Waals surface area contributed by atoms with Crippen LogP contribution in [0.2, 0.25) is 0 Å². The number of carbonyl (C=O) groups is 3. The van der Waals surface area contributed by atoms with E-state index in [1.165, 1.54) is 4.90 Å². The van der Waals surface area contributed by atoms with Crippen LogP contribution in [0.25, 0.3) is 5.76 Å². The number of carbonyl (C=O) groups excluding carboxylic acids is 3. The zero-order valence-electron chi connectivity index (χ0n) is 24.1. The van der Waals surface area contributed by atoms with Gasteiger partial charge in [0, 0.05) is 12.1 Å². The van der Waals surface area contributed by atoms with Gasteiger partial charge in [0.15, 0.2) is 0 Å². The molecule has 1 amide bonds. The Labute approximate surface area is 236 Å². The number of aryl methyl sites for hydroxylation is 2. The highest BCUT2D eigenvalue weighted by Gasteiger charge is 2.46. The molecule has 0 radical (unpaired) electrons. The Hall–Kier alpha value is -4.19. The number of aliphatic hydroxyl groups is 1. The molecule has 1 atom stereocenters. The summed E-state index contributed by atoms with van der Waals surface area (Å²) < 4.78 is 5.21. The normalized spacial score (nSPS) is 16.9. The van der Waals surface area contributed by atoms with Crippen LogP contribution in [0.15, 0.2) is 72.3 Å².